The third-order valence-electron chi connectivity index (χ3n) is 2.41. The molecule has 9 nitrogen and oxygen atoms in total. The van der Waals surface area contributed by atoms with Crippen LogP contribution in [0, 0.1) is 11.3 Å². The predicted molar refractivity (Wildman–Crippen MR) is 61.8 cm³/mol. The zero-order valence-corrected chi connectivity index (χ0v) is 9.83. The maximum Gasteiger partial charge on any atom is 0.322 e. The molecule has 9 heteroatoms. The van der Waals surface area contributed by atoms with Crippen molar-refractivity contribution in [3.63, 3.8) is 0 Å². The topological polar surface area (TPSA) is 122 Å². The second-order valence-electron chi connectivity index (χ2n) is 3.52. The first-order valence-electron chi connectivity index (χ1n) is 5.29. The van der Waals surface area contributed by atoms with E-state index in [0.29, 0.717) is 25.6 Å². The molecule has 1 fully saturated rings. The molecule has 0 amide bonds. The highest BCUT2D eigenvalue weighted by atomic mass is 16.5. The minimum atomic E-state index is -0.490. The van der Waals surface area contributed by atoms with Crippen molar-refractivity contribution in [3.8, 4) is 12.1 Å². The fourth-order valence-electron chi connectivity index (χ4n) is 1.55. The number of nitrogen functional groups attached to an aromatic ring is 1. The van der Waals surface area contributed by atoms with Gasteiger partial charge in [-0.05, 0) is 0 Å². The summed E-state index contributed by atoms with van der Waals surface area (Å²) in [5, 5.41) is 8.85. The van der Waals surface area contributed by atoms with Crippen molar-refractivity contribution < 1.29 is 9.47 Å². The van der Waals surface area contributed by atoms with Crippen LogP contribution in [-0.4, -0.2) is 47.9 Å². The number of hydrogen-bond donors (Lipinski definition) is 2. The summed E-state index contributed by atoms with van der Waals surface area (Å²) in [6.45, 7) is 1.43. The molecule has 0 spiro atoms. The molecule has 0 radical (unpaired) electrons. The van der Waals surface area contributed by atoms with E-state index in [2.05, 4.69) is 26.4 Å². The summed E-state index contributed by atoms with van der Waals surface area (Å²) in [5.41, 5.74) is 2.34. The predicted octanol–water partition coefficient (Wildman–Crippen LogP) is -1.11. The summed E-state index contributed by atoms with van der Waals surface area (Å²) >= 11 is 0. The molecule has 0 saturated carbocycles. The molecule has 1 saturated heterocycles. The van der Waals surface area contributed by atoms with Gasteiger partial charge in [0.25, 0.3) is 0 Å². The van der Waals surface area contributed by atoms with Gasteiger partial charge in [0.1, 0.15) is 0 Å². The maximum absolute atomic E-state index is 8.85. The molecule has 1 unspecified atom stereocenters. The highest BCUT2D eigenvalue weighted by Gasteiger charge is 2.23. The zero-order chi connectivity index (χ0) is 13.0. The lowest BCUT2D eigenvalue weighted by Gasteiger charge is -2.29. The standard InChI is InChI=1S/C9H13N7O2/c1-17-9-13-7(15-11)12-8(14-9)16-2-3-18-6(4-10)5-16/h6H,2-3,5,11H2,1H3,(H,12,13,14,15). The fourth-order valence-corrected chi connectivity index (χ4v) is 1.55. The Balaban J connectivity index is 2.24. The van der Waals surface area contributed by atoms with Gasteiger partial charge >= 0.3 is 6.01 Å². The average molecular weight is 251 g/mol. The molecule has 96 valence electrons. The van der Waals surface area contributed by atoms with E-state index in [0.717, 1.165) is 0 Å². The van der Waals surface area contributed by atoms with Gasteiger partial charge in [-0.1, -0.05) is 0 Å². The molecule has 1 aliphatic rings. The molecule has 0 bridgehead atoms. The lowest BCUT2D eigenvalue weighted by molar-refractivity contribution is 0.0757. The van der Waals surface area contributed by atoms with Crippen molar-refractivity contribution in [3.05, 3.63) is 0 Å². The lowest BCUT2D eigenvalue weighted by atomic mass is 10.3. The Bertz CT molecular complexity index is 438. The molecular formula is C9H13N7O2. The van der Waals surface area contributed by atoms with Crippen molar-refractivity contribution in [1.29, 1.82) is 5.26 Å². The van der Waals surface area contributed by atoms with E-state index in [1.54, 1.807) is 0 Å². The summed E-state index contributed by atoms with van der Waals surface area (Å²) in [7, 11) is 1.46. The van der Waals surface area contributed by atoms with Crippen LogP contribution in [0.15, 0.2) is 0 Å². The van der Waals surface area contributed by atoms with Crippen LogP contribution >= 0.6 is 0 Å². The maximum atomic E-state index is 8.85. The smallest absolute Gasteiger partial charge is 0.322 e. The van der Waals surface area contributed by atoms with Crippen LogP contribution < -0.4 is 20.9 Å². The molecule has 2 heterocycles. The second-order valence-corrected chi connectivity index (χ2v) is 3.52. The van der Waals surface area contributed by atoms with Crippen molar-refractivity contribution in [1.82, 2.24) is 15.0 Å². The highest BCUT2D eigenvalue weighted by molar-refractivity contribution is 5.38. The number of nitrogens with one attached hydrogen (secondary N) is 1. The molecule has 1 aliphatic heterocycles. The molecule has 1 atom stereocenters. The van der Waals surface area contributed by atoms with Gasteiger partial charge < -0.3 is 14.4 Å². The Labute approximate surface area is 104 Å². The van der Waals surface area contributed by atoms with Gasteiger partial charge in [-0.2, -0.15) is 20.2 Å². The molecule has 2 rings (SSSR count). The van der Waals surface area contributed by atoms with E-state index in [1.807, 2.05) is 4.90 Å². The third-order valence-corrected chi connectivity index (χ3v) is 2.41. The van der Waals surface area contributed by atoms with E-state index in [4.69, 9.17) is 20.6 Å². The number of rotatable bonds is 3. The Morgan fingerprint density at radius 1 is 1.56 bits per heavy atom. The van der Waals surface area contributed by atoms with Gasteiger partial charge in [0.05, 0.1) is 26.3 Å². The van der Waals surface area contributed by atoms with E-state index < -0.39 is 6.10 Å². The SMILES string of the molecule is COc1nc(NN)nc(N2CCOC(C#N)C2)n1. The normalized spacial score (nSPS) is 19.2. The lowest BCUT2D eigenvalue weighted by Crippen LogP contribution is -2.42. The van der Waals surface area contributed by atoms with Crippen molar-refractivity contribution in [2.24, 2.45) is 5.84 Å². The highest BCUT2D eigenvalue weighted by Crippen LogP contribution is 2.16. The van der Waals surface area contributed by atoms with Gasteiger partial charge in [0.2, 0.25) is 11.9 Å². The van der Waals surface area contributed by atoms with Crippen LogP contribution in [0.3, 0.4) is 0 Å². The first kappa shape index (κ1) is 12.3. The van der Waals surface area contributed by atoms with Gasteiger partial charge in [0, 0.05) is 6.54 Å². The largest absolute Gasteiger partial charge is 0.467 e. The third kappa shape index (κ3) is 2.55. The molecule has 1 aromatic rings. The summed E-state index contributed by atoms with van der Waals surface area (Å²) in [5.74, 6) is 5.88. The number of aromatic nitrogens is 3. The molecule has 0 aromatic carbocycles. The van der Waals surface area contributed by atoms with Crippen molar-refractivity contribution >= 4 is 11.9 Å². The molecule has 3 N–H and O–H groups in total. The van der Waals surface area contributed by atoms with E-state index in [1.165, 1.54) is 7.11 Å². The Kier molecular flexibility index (Phi) is 3.71. The molecular weight excluding hydrogens is 238 g/mol. The summed E-state index contributed by atoms with van der Waals surface area (Å²) in [4.78, 5) is 14.0. The average Bonchev–Trinajstić information content (AvgIpc) is 2.46. The van der Waals surface area contributed by atoms with E-state index in [9.17, 15) is 0 Å². The first-order valence-corrected chi connectivity index (χ1v) is 5.29. The van der Waals surface area contributed by atoms with Crippen LogP contribution in [0.25, 0.3) is 0 Å². The number of nitriles is 1. The number of ether oxygens (including phenoxy) is 2. The Morgan fingerprint density at radius 3 is 3.06 bits per heavy atom. The van der Waals surface area contributed by atoms with Gasteiger partial charge in [-0.25, -0.2) is 5.84 Å². The number of anilines is 2. The summed E-state index contributed by atoms with van der Waals surface area (Å²) in [6.07, 6.45) is -0.490. The van der Waals surface area contributed by atoms with Crippen LogP contribution in [0.2, 0.25) is 0 Å². The van der Waals surface area contributed by atoms with Gasteiger partial charge in [-0.15, -0.1) is 0 Å². The van der Waals surface area contributed by atoms with Crippen LogP contribution in [-0.2, 0) is 4.74 Å². The summed E-state index contributed by atoms with van der Waals surface area (Å²) < 4.78 is 10.2. The Hall–Kier alpha value is -2.18. The number of morpholine rings is 1. The van der Waals surface area contributed by atoms with Crippen LogP contribution in [0.1, 0.15) is 0 Å². The minimum absolute atomic E-state index is 0.160. The summed E-state index contributed by atoms with van der Waals surface area (Å²) in [6, 6.07) is 2.21. The monoisotopic (exact) mass is 251 g/mol. The molecule has 0 aliphatic carbocycles. The van der Waals surface area contributed by atoms with Crippen LogP contribution in [0.5, 0.6) is 6.01 Å². The van der Waals surface area contributed by atoms with Crippen molar-refractivity contribution in [2.45, 2.75) is 6.10 Å². The Morgan fingerprint density at radius 2 is 2.39 bits per heavy atom. The van der Waals surface area contributed by atoms with E-state index in [-0.39, 0.29) is 12.0 Å². The number of hydrogen-bond acceptors (Lipinski definition) is 9. The van der Waals surface area contributed by atoms with Gasteiger partial charge in [0.15, 0.2) is 6.10 Å². The minimum Gasteiger partial charge on any atom is -0.467 e. The van der Waals surface area contributed by atoms with Crippen molar-refractivity contribution in [2.75, 3.05) is 37.1 Å². The van der Waals surface area contributed by atoms with E-state index >= 15 is 0 Å². The molecule has 1 aromatic heterocycles. The van der Waals surface area contributed by atoms with Gasteiger partial charge in [-0.3, -0.25) is 5.43 Å². The molecule has 18 heavy (non-hydrogen) atoms. The fraction of sp³-hybridized carbons (Fsp3) is 0.556. The van der Waals surface area contributed by atoms with Crippen LogP contribution in [0.4, 0.5) is 11.9 Å². The number of nitrogens with two attached hydrogens (primary N) is 1. The number of methoxy groups -OCH3 is 1. The quantitative estimate of drug-likeness (QED) is 0.508. The second kappa shape index (κ2) is 5.44. The number of nitrogens with zero attached hydrogens (tertiary/aromatic N) is 5. The number of hydrazine groups is 1. The zero-order valence-electron chi connectivity index (χ0n) is 9.83. The first-order chi connectivity index (χ1) is 8.76.